The number of aliphatic hydroxyl groups is 1. The predicted molar refractivity (Wildman–Crippen MR) is 124 cm³/mol. The van der Waals surface area contributed by atoms with E-state index in [9.17, 15) is 18.3 Å². The first-order valence-corrected chi connectivity index (χ1v) is 11.0. The highest BCUT2D eigenvalue weighted by Crippen LogP contribution is 2.41. The van der Waals surface area contributed by atoms with Gasteiger partial charge in [-0.3, -0.25) is 4.68 Å². The molecule has 2 N–H and O–H groups in total. The summed E-state index contributed by atoms with van der Waals surface area (Å²) in [6.45, 7) is 4.30. The highest BCUT2D eigenvalue weighted by atomic mass is 35.5. The van der Waals surface area contributed by atoms with E-state index in [-0.39, 0.29) is 16.3 Å². The van der Waals surface area contributed by atoms with Crippen LogP contribution in [0.3, 0.4) is 0 Å². The molecule has 0 fully saturated rings. The van der Waals surface area contributed by atoms with Crippen LogP contribution in [-0.4, -0.2) is 37.1 Å². The molecule has 0 aliphatic carbocycles. The summed E-state index contributed by atoms with van der Waals surface area (Å²) in [5.41, 5.74) is 2.95. The molecular formula is C24H24ClF3N4O2. The fourth-order valence-corrected chi connectivity index (χ4v) is 4.41. The summed E-state index contributed by atoms with van der Waals surface area (Å²) < 4.78 is 46.5. The average molecular weight is 493 g/mol. The quantitative estimate of drug-likeness (QED) is 0.329. The van der Waals surface area contributed by atoms with E-state index in [1.54, 1.807) is 44.0 Å². The van der Waals surface area contributed by atoms with E-state index >= 15 is 0 Å². The molecular weight excluding hydrogens is 469 g/mol. The Hall–Kier alpha value is -3.04. The number of halogens is 4. The van der Waals surface area contributed by atoms with Crippen LogP contribution in [0.2, 0.25) is 5.02 Å². The zero-order valence-corrected chi connectivity index (χ0v) is 19.8. The Labute approximate surface area is 199 Å². The normalized spacial score (nSPS) is 13.1. The molecule has 1 aromatic carbocycles. The zero-order valence-electron chi connectivity index (χ0n) is 19.0. The highest BCUT2D eigenvalue weighted by Gasteiger charge is 2.25. The largest absolute Gasteiger partial charge is 0.434 e. The van der Waals surface area contributed by atoms with E-state index in [0.29, 0.717) is 17.8 Å². The second kappa shape index (κ2) is 8.96. The van der Waals surface area contributed by atoms with Crippen molar-refractivity contribution < 1.29 is 23.0 Å². The van der Waals surface area contributed by atoms with Gasteiger partial charge in [0.15, 0.2) is 0 Å². The molecule has 6 nitrogen and oxygen atoms in total. The van der Waals surface area contributed by atoms with Gasteiger partial charge in [0.25, 0.3) is 0 Å². The lowest BCUT2D eigenvalue weighted by Gasteiger charge is -2.19. The van der Waals surface area contributed by atoms with Crippen molar-refractivity contribution >= 4 is 22.6 Å². The number of pyridine rings is 1. The summed E-state index contributed by atoms with van der Waals surface area (Å²) in [7, 11) is 0. The van der Waals surface area contributed by atoms with Crippen LogP contribution in [0, 0.1) is 12.7 Å². The van der Waals surface area contributed by atoms with Crippen LogP contribution in [0.5, 0.6) is 5.75 Å². The molecule has 0 unspecified atom stereocenters. The Morgan fingerprint density at radius 3 is 2.68 bits per heavy atom. The number of ether oxygens (including phenoxy) is 1. The van der Waals surface area contributed by atoms with Crippen LogP contribution >= 0.6 is 11.6 Å². The summed E-state index contributed by atoms with van der Waals surface area (Å²) in [4.78, 5) is 7.56. The minimum atomic E-state index is -3.08. The molecule has 0 bridgehead atoms. The Bertz CT molecular complexity index is 1340. The minimum Gasteiger partial charge on any atom is -0.434 e. The molecule has 180 valence electrons. The maximum Gasteiger partial charge on any atom is 0.387 e. The molecule has 0 radical (unpaired) electrons. The third-order valence-electron chi connectivity index (χ3n) is 5.72. The average Bonchev–Trinajstić information content (AvgIpc) is 3.32. The number of hydrogen-bond acceptors (Lipinski definition) is 4. The molecule has 0 saturated carbocycles. The number of alkyl halides is 2. The smallest absolute Gasteiger partial charge is 0.387 e. The molecule has 0 spiro atoms. The number of hydrogen-bond donors (Lipinski definition) is 2. The lowest BCUT2D eigenvalue weighted by atomic mass is 9.91. The third kappa shape index (κ3) is 4.63. The molecule has 0 saturated heterocycles. The van der Waals surface area contributed by atoms with Gasteiger partial charge in [0.2, 0.25) is 0 Å². The van der Waals surface area contributed by atoms with E-state index in [4.69, 9.17) is 11.6 Å². The summed E-state index contributed by atoms with van der Waals surface area (Å²) in [6, 6.07) is 4.06. The molecule has 1 atom stereocenters. The van der Waals surface area contributed by atoms with Gasteiger partial charge < -0.3 is 14.8 Å². The number of fused-ring (bicyclic) bond motifs is 1. The second-order valence-corrected chi connectivity index (χ2v) is 9.23. The molecule has 4 aromatic rings. The highest BCUT2D eigenvalue weighted by molar-refractivity contribution is 6.31. The van der Waals surface area contributed by atoms with Gasteiger partial charge in [-0.15, -0.1) is 0 Å². The van der Waals surface area contributed by atoms with Crippen molar-refractivity contribution in [2.24, 2.45) is 0 Å². The van der Waals surface area contributed by atoms with Crippen LogP contribution in [0.15, 0.2) is 36.8 Å². The number of H-pyrrole nitrogens is 1. The van der Waals surface area contributed by atoms with Gasteiger partial charge in [0.05, 0.1) is 23.4 Å². The predicted octanol–water partition coefficient (Wildman–Crippen LogP) is 6.05. The van der Waals surface area contributed by atoms with Crippen LogP contribution in [-0.2, 0) is 6.54 Å². The maximum atomic E-state index is 14.2. The van der Waals surface area contributed by atoms with Gasteiger partial charge in [0, 0.05) is 46.1 Å². The number of aromatic amines is 1. The van der Waals surface area contributed by atoms with Gasteiger partial charge in [-0.05, 0) is 44.5 Å². The molecule has 0 amide bonds. The first-order chi connectivity index (χ1) is 16.0. The number of nitrogens with zero attached hydrogens (tertiary/aromatic N) is 3. The standard InChI is InChI=1S/C24H24ClF3N4O2/c1-12(20-19(34-23(27)28)6-5-18(26)21(20)25)16-9-30-22-15(16)7-14(8-29-22)17-10-31-32(13(17)2)11-24(3,4)33/h5-10,12,23,33H,11H2,1-4H3,(H,29,30)/t12-/m0/s1. The monoisotopic (exact) mass is 492 g/mol. The fraction of sp³-hybridized carbons (Fsp3) is 0.333. The van der Waals surface area contributed by atoms with Gasteiger partial charge in [0.1, 0.15) is 17.2 Å². The molecule has 0 aliphatic rings. The second-order valence-electron chi connectivity index (χ2n) is 8.85. The van der Waals surface area contributed by atoms with Crippen molar-refractivity contribution in [1.82, 2.24) is 19.7 Å². The van der Waals surface area contributed by atoms with Crippen LogP contribution in [0.1, 0.15) is 43.5 Å². The van der Waals surface area contributed by atoms with Gasteiger partial charge >= 0.3 is 6.61 Å². The minimum absolute atomic E-state index is 0.127. The number of rotatable bonds is 7. The third-order valence-corrected chi connectivity index (χ3v) is 6.11. The molecule has 34 heavy (non-hydrogen) atoms. The Kier molecular flexibility index (Phi) is 6.35. The van der Waals surface area contributed by atoms with Crippen molar-refractivity contribution in [2.75, 3.05) is 0 Å². The number of benzene rings is 1. The Morgan fingerprint density at radius 2 is 2.00 bits per heavy atom. The van der Waals surface area contributed by atoms with Crippen LogP contribution in [0.25, 0.3) is 22.2 Å². The first-order valence-electron chi connectivity index (χ1n) is 10.6. The van der Waals surface area contributed by atoms with Crippen molar-refractivity contribution in [3.63, 3.8) is 0 Å². The number of nitrogens with one attached hydrogen (secondary N) is 1. The molecule has 0 aliphatic heterocycles. The van der Waals surface area contributed by atoms with Gasteiger partial charge in [-0.1, -0.05) is 18.5 Å². The maximum absolute atomic E-state index is 14.2. The van der Waals surface area contributed by atoms with Crippen molar-refractivity contribution in [3.8, 4) is 16.9 Å². The van der Waals surface area contributed by atoms with Gasteiger partial charge in [-0.2, -0.15) is 13.9 Å². The van der Waals surface area contributed by atoms with Crippen LogP contribution in [0.4, 0.5) is 13.2 Å². The zero-order chi connectivity index (χ0) is 24.8. The van der Waals surface area contributed by atoms with E-state index < -0.39 is 23.9 Å². The molecule has 3 heterocycles. The van der Waals surface area contributed by atoms with Crippen molar-refractivity contribution in [1.29, 1.82) is 0 Å². The summed E-state index contributed by atoms with van der Waals surface area (Å²) >= 11 is 6.19. The van der Waals surface area contributed by atoms with E-state index in [1.165, 1.54) is 0 Å². The van der Waals surface area contributed by atoms with Crippen molar-refractivity contribution in [3.05, 3.63) is 64.5 Å². The van der Waals surface area contributed by atoms with Crippen LogP contribution < -0.4 is 4.74 Å². The van der Waals surface area contributed by atoms with E-state index in [0.717, 1.165) is 34.3 Å². The first kappa shape index (κ1) is 24.1. The molecule has 3 aromatic heterocycles. The van der Waals surface area contributed by atoms with Gasteiger partial charge in [-0.25, -0.2) is 9.37 Å². The lowest BCUT2D eigenvalue weighted by Crippen LogP contribution is -2.27. The van der Waals surface area contributed by atoms with E-state index in [1.807, 2.05) is 13.0 Å². The summed E-state index contributed by atoms with van der Waals surface area (Å²) in [6.07, 6.45) is 5.11. The summed E-state index contributed by atoms with van der Waals surface area (Å²) in [5.74, 6) is -1.49. The Morgan fingerprint density at radius 1 is 1.26 bits per heavy atom. The fourth-order valence-electron chi connectivity index (χ4n) is 4.09. The molecule has 4 rings (SSSR count). The van der Waals surface area contributed by atoms with E-state index in [2.05, 4.69) is 19.8 Å². The topological polar surface area (TPSA) is 76.0 Å². The molecule has 10 heteroatoms. The summed E-state index contributed by atoms with van der Waals surface area (Å²) in [5, 5.41) is 15.0. The van der Waals surface area contributed by atoms with Crippen molar-refractivity contribution in [2.45, 2.75) is 52.4 Å². The lowest BCUT2D eigenvalue weighted by molar-refractivity contribution is -0.0505. The SMILES string of the molecule is Cc1c(-c2cnc3[nH]cc([C@H](C)c4c(OC(F)F)ccc(F)c4Cl)c3c2)cnn1CC(C)(C)O. The number of aromatic nitrogens is 4. The Balaban J connectivity index is 1.79.